The summed E-state index contributed by atoms with van der Waals surface area (Å²) in [6, 6.07) is 17.6. The second-order valence-corrected chi connectivity index (χ2v) is 5.64. The van der Waals surface area contributed by atoms with Crippen LogP contribution >= 0.6 is 0 Å². The first kappa shape index (κ1) is 15.0. The maximum Gasteiger partial charge on any atom is 0.256 e. The van der Waals surface area contributed by atoms with Gasteiger partial charge < -0.3 is 5.32 Å². The van der Waals surface area contributed by atoms with Crippen molar-refractivity contribution in [2.45, 2.75) is 20.4 Å². The van der Waals surface area contributed by atoms with Crippen molar-refractivity contribution in [3.05, 3.63) is 83.0 Å². The van der Waals surface area contributed by atoms with Crippen molar-refractivity contribution in [1.29, 1.82) is 0 Å². The molecule has 0 bridgehead atoms. The number of hydrogen-bond donors (Lipinski definition) is 1. The molecule has 0 unspecified atom stereocenters. The average molecular weight is 305 g/mol. The van der Waals surface area contributed by atoms with E-state index in [2.05, 4.69) is 22.5 Å². The highest BCUT2D eigenvalue weighted by Gasteiger charge is 2.09. The third kappa shape index (κ3) is 3.66. The number of carbonyl (C=O) groups is 1. The molecular weight excluding hydrogens is 286 g/mol. The molecule has 3 rings (SSSR count). The van der Waals surface area contributed by atoms with Crippen LogP contribution < -0.4 is 5.32 Å². The molecule has 3 aromatic rings. The predicted octanol–water partition coefficient (Wildman–Crippen LogP) is 3.80. The number of amides is 1. The van der Waals surface area contributed by atoms with Crippen molar-refractivity contribution in [2.75, 3.05) is 5.32 Å². The molecule has 0 fully saturated rings. The molecule has 1 amide bonds. The van der Waals surface area contributed by atoms with Gasteiger partial charge in [0.15, 0.2) is 5.82 Å². The van der Waals surface area contributed by atoms with Crippen LogP contribution in [0.15, 0.2) is 60.8 Å². The second-order valence-electron chi connectivity index (χ2n) is 5.64. The van der Waals surface area contributed by atoms with Gasteiger partial charge >= 0.3 is 0 Å². The van der Waals surface area contributed by atoms with Crippen molar-refractivity contribution in [2.24, 2.45) is 0 Å². The van der Waals surface area contributed by atoms with Gasteiger partial charge in [-0.05, 0) is 42.7 Å². The van der Waals surface area contributed by atoms with Gasteiger partial charge in [0, 0.05) is 17.8 Å². The molecule has 1 aromatic heterocycles. The molecule has 23 heavy (non-hydrogen) atoms. The lowest BCUT2D eigenvalue weighted by molar-refractivity contribution is 0.102. The van der Waals surface area contributed by atoms with Gasteiger partial charge in [-0.15, -0.1) is 0 Å². The third-order valence-electron chi connectivity index (χ3n) is 3.84. The van der Waals surface area contributed by atoms with Crippen molar-refractivity contribution in [3.63, 3.8) is 0 Å². The quantitative estimate of drug-likeness (QED) is 0.797. The molecule has 0 spiro atoms. The van der Waals surface area contributed by atoms with Crippen LogP contribution in [0.3, 0.4) is 0 Å². The number of hydrogen-bond acceptors (Lipinski definition) is 2. The Morgan fingerprint density at radius 1 is 1.04 bits per heavy atom. The number of benzene rings is 2. The zero-order valence-electron chi connectivity index (χ0n) is 13.3. The topological polar surface area (TPSA) is 46.9 Å². The molecule has 116 valence electrons. The lowest BCUT2D eigenvalue weighted by Gasteiger charge is -2.05. The molecule has 2 aromatic carbocycles. The zero-order chi connectivity index (χ0) is 16.2. The number of nitrogens with one attached hydrogen (secondary N) is 1. The van der Waals surface area contributed by atoms with Crippen LogP contribution in [0.1, 0.15) is 27.0 Å². The Kier molecular flexibility index (Phi) is 4.24. The van der Waals surface area contributed by atoms with E-state index in [1.165, 1.54) is 11.1 Å². The lowest BCUT2D eigenvalue weighted by atomic mass is 10.1. The van der Waals surface area contributed by atoms with E-state index in [1.54, 1.807) is 0 Å². The molecular formula is C19H19N3O. The summed E-state index contributed by atoms with van der Waals surface area (Å²) in [5.41, 5.74) is 4.09. The summed E-state index contributed by atoms with van der Waals surface area (Å²) < 4.78 is 1.81. The molecule has 0 aliphatic carbocycles. The number of rotatable bonds is 4. The van der Waals surface area contributed by atoms with Gasteiger partial charge in [0.05, 0.1) is 6.54 Å². The Labute approximate surface area is 135 Å². The van der Waals surface area contributed by atoms with Crippen molar-refractivity contribution in [1.82, 2.24) is 9.78 Å². The standard InChI is InChI=1S/C19H19N3O/c1-14-8-9-17(12-15(14)2)19(23)20-18-10-11-22(21-18)13-16-6-4-3-5-7-16/h3-12H,13H2,1-2H3,(H,20,21,23). The van der Waals surface area contributed by atoms with Crippen LogP contribution in [-0.2, 0) is 6.54 Å². The third-order valence-corrected chi connectivity index (χ3v) is 3.84. The Morgan fingerprint density at radius 3 is 2.57 bits per heavy atom. The highest BCUT2D eigenvalue weighted by molar-refractivity contribution is 6.03. The summed E-state index contributed by atoms with van der Waals surface area (Å²) in [5, 5.41) is 7.24. The number of aromatic nitrogens is 2. The van der Waals surface area contributed by atoms with Crippen molar-refractivity contribution < 1.29 is 4.79 Å². The summed E-state index contributed by atoms with van der Waals surface area (Å²) in [5.74, 6) is 0.419. The fourth-order valence-corrected chi connectivity index (χ4v) is 2.36. The maximum absolute atomic E-state index is 12.3. The predicted molar refractivity (Wildman–Crippen MR) is 91.6 cm³/mol. The minimum Gasteiger partial charge on any atom is -0.305 e. The SMILES string of the molecule is Cc1ccc(C(=O)Nc2ccn(Cc3ccccc3)n2)cc1C. The Morgan fingerprint density at radius 2 is 1.83 bits per heavy atom. The first-order valence-corrected chi connectivity index (χ1v) is 7.58. The maximum atomic E-state index is 12.3. The van der Waals surface area contributed by atoms with E-state index in [4.69, 9.17) is 0 Å². The van der Waals surface area contributed by atoms with Gasteiger partial charge in [-0.25, -0.2) is 0 Å². The van der Waals surface area contributed by atoms with Gasteiger partial charge in [0.25, 0.3) is 5.91 Å². The molecule has 4 heteroatoms. The number of aryl methyl sites for hydroxylation is 2. The van der Waals surface area contributed by atoms with E-state index in [0.29, 0.717) is 17.9 Å². The lowest BCUT2D eigenvalue weighted by Crippen LogP contribution is -2.13. The van der Waals surface area contributed by atoms with Crippen LogP contribution in [0, 0.1) is 13.8 Å². The van der Waals surface area contributed by atoms with Crippen molar-refractivity contribution in [3.8, 4) is 0 Å². The second kappa shape index (κ2) is 6.48. The molecule has 0 aliphatic rings. The van der Waals surface area contributed by atoms with Crippen LogP contribution in [0.4, 0.5) is 5.82 Å². The molecule has 0 aliphatic heterocycles. The van der Waals surface area contributed by atoms with Crippen LogP contribution in [0.5, 0.6) is 0 Å². The largest absolute Gasteiger partial charge is 0.305 e. The summed E-state index contributed by atoms with van der Waals surface area (Å²) in [6.07, 6.45) is 1.86. The molecule has 1 heterocycles. The summed E-state index contributed by atoms with van der Waals surface area (Å²) in [6.45, 7) is 4.71. The van der Waals surface area contributed by atoms with Gasteiger partial charge in [-0.1, -0.05) is 36.4 Å². The van der Waals surface area contributed by atoms with Gasteiger partial charge in [0.2, 0.25) is 0 Å². The van der Waals surface area contributed by atoms with Crippen LogP contribution in [-0.4, -0.2) is 15.7 Å². The number of anilines is 1. The summed E-state index contributed by atoms with van der Waals surface area (Å²) in [7, 11) is 0. The molecule has 0 atom stereocenters. The molecule has 0 radical (unpaired) electrons. The monoisotopic (exact) mass is 305 g/mol. The first-order valence-electron chi connectivity index (χ1n) is 7.58. The highest BCUT2D eigenvalue weighted by atomic mass is 16.1. The molecule has 4 nitrogen and oxygen atoms in total. The van der Waals surface area contributed by atoms with Crippen LogP contribution in [0.25, 0.3) is 0 Å². The summed E-state index contributed by atoms with van der Waals surface area (Å²) in [4.78, 5) is 12.3. The van der Waals surface area contributed by atoms with Gasteiger partial charge in [-0.3, -0.25) is 9.48 Å². The Bertz CT molecular complexity index is 822. The Hall–Kier alpha value is -2.88. The van der Waals surface area contributed by atoms with Gasteiger partial charge in [-0.2, -0.15) is 5.10 Å². The fraction of sp³-hybridized carbons (Fsp3) is 0.158. The number of nitrogens with zero attached hydrogens (tertiary/aromatic N) is 2. The summed E-state index contributed by atoms with van der Waals surface area (Å²) >= 11 is 0. The highest BCUT2D eigenvalue weighted by Crippen LogP contribution is 2.12. The van der Waals surface area contributed by atoms with E-state index in [0.717, 1.165) is 5.56 Å². The fourth-order valence-electron chi connectivity index (χ4n) is 2.36. The average Bonchev–Trinajstić information content (AvgIpc) is 2.98. The van der Waals surface area contributed by atoms with E-state index in [9.17, 15) is 4.79 Å². The van der Waals surface area contributed by atoms with Crippen molar-refractivity contribution >= 4 is 11.7 Å². The minimum atomic E-state index is -0.141. The zero-order valence-corrected chi connectivity index (χ0v) is 13.3. The van der Waals surface area contributed by atoms with E-state index < -0.39 is 0 Å². The van der Waals surface area contributed by atoms with Gasteiger partial charge in [0.1, 0.15) is 0 Å². The Balaban J connectivity index is 1.68. The minimum absolute atomic E-state index is 0.141. The molecule has 0 saturated heterocycles. The molecule has 0 saturated carbocycles. The molecule has 1 N–H and O–H groups in total. The number of carbonyl (C=O) groups excluding carboxylic acids is 1. The van der Waals surface area contributed by atoms with E-state index >= 15 is 0 Å². The van der Waals surface area contributed by atoms with E-state index in [-0.39, 0.29) is 5.91 Å². The first-order chi connectivity index (χ1) is 11.1. The normalized spacial score (nSPS) is 10.5. The van der Waals surface area contributed by atoms with Crippen LogP contribution in [0.2, 0.25) is 0 Å². The smallest absolute Gasteiger partial charge is 0.256 e. The van der Waals surface area contributed by atoms with E-state index in [1.807, 2.05) is 67.2 Å².